The molecule has 0 saturated carbocycles. The SMILES string of the molecule is COc1ccc([C@H](C)NCc2ccc(Cl)cc2C)cc1. The van der Waals surface area contributed by atoms with Crippen LogP contribution in [0.4, 0.5) is 0 Å². The molecule has 2 rings (SSSR count). The van der Waals surface area contributed by atoms with E-state index in [0.29, 0.717) is 0 Å². The first kappa shape index (κ1) is 14.9. The van der Waals surface area contributed by atoms with Crippen molar-refractivity contribution >= 4 is 11.6 Å². The molecule has 1 N–H and O–H groups in total. The summed E-state index contributed by atoms with van der Waals surface area (Å²) in [5.74, 6) is 0.884. The van der Waals surface area contributed by atoms with Crippen molar-refractivity contribution < 1.29 is 4.74 Å². The fourth-order valence-electron chi connectivity index (χ4n) is 2.13. The van der Waals surface area contributed by atoms with Gasteiger partial charge in [-0.05, 0) is 54.8 Å². The molecule has 3 heteroatoms. The van der Waals surface area contributed by atoms with Crippen molar-refractivity contribution in [3.8, 4) is 5.75 Å². The molecule has 0 spiro atoms. The molecule has 1 atom stereocenters. The van der Waals surface area contributed by atoms with E-state index in [0.717, 1.165) is 17.3 Å². The van der Waals surface area contributed by atoms with Gasteiger partial charge in [0.2, 0.25) is 0 Å². The molecule has 0 heterocycles. The molecule has 2 aromatic carbocycles. The molecule has 0 fully saturated rings. The van der Waals surface area contributed by atoms with Gasteiger partial charge in [0.1, 0.15) is 5.75 Å². The second-order valence-corrected chi connectivity index (χ2v) is 5.38. The van der Waals surface area contributed by atoms with E-state index in [1.165, 1.54) is 16.7 Å². The van der Waals surface area contributed by atoms with Gasteiger partial charge in [0.25, 0.3) is 0 Å². The number of methoxy groups -OCH3 is 1. The van der Waals surface area contributed by atoms with Crippen LogP contribution in [0, 0.1) is 6.92 Å². The minimum absolute atomic E-state index is 0.288. The lowest BCUT2D eigenvalue weighted by molar-refractivity contribution is 0.414. The van der Waals surface area contributed by atoms with Crippen LogP contribution < -0.4 is 10.1 Å². The summed E-state index contributed by atoms with van der Waals surface area (Å²) in [5.41, 5.74) is 3.74. The second kappa shape index (κ2) is 6.78. The topological polar surface area (TPSA) is 21.3 Å². The van der Waals surface area contributed by atoms with Crippen LogP contribution in [-0.2, 0) is 6.54 Å². The Morgan fingerprint density at radius 3 is 2.45 bits per heavy atom. The number of aryl methyl sites for hydroxylation is 1. The molecule has 2 aromatic rings. The van der Waals surface area contributed by atoms with E-state index in [9.17, 15) is 0 Å². The first-order chi connectivity index (χ1) is 9.60. The van der Waals surface area contributed by atoms with E-state index in [2.05, 4.69) is 37.4 Å². The highest BCUT2D eigenvalue weighted by molar-refractivity contribution is 6.30. The van der Waals surface area contributed by atoms with Crippen LogP contribution in [0.1, 0.15) is 29.7 Å². The third-order valence-corrected chi connectivity index (χ3v) is 3.75. The number of nitrogens with one attached hydrogen (secondary N) is 1. The largest absolute Gasteiger partial charge is 0.497 e. The maximum Gasteiger partial charge on any atom is 0.118 e. The first-order valence-electron chi connectivity index (χ1n) is 6.72. The molecule has 0 saturated heterocycles. The molecule has 0 unspecified atom stereocenters. The van der Waals surface area contributed by atoms with E-state index >= 15 is 0 Å². The summed E-state index contributed by atoms with van der Waals surface area (Å²) >= 11 is 5.97. The highest BCUT2D eigenvalue weighted by Gasteiger charge is 2.06. The summed E-state index contributed by atoms with van der Waals surface area (Å²) in [6.07, 6.45) is 0. The Balaban J connectivity index is 1.98. The fraction of sp³-hybridized carbons (Fsp3) is 0.294. The molecule has 0 radical (unpaired) electrons. The van der Waals surface area contributed by atoms with Gasteiger partial charge in [-0.15, -0.1) is 0 Å². The van der Waals surface area contributed by atoms with E-state index in [1.54, 1.807) is 7.11 Å². The number of hydrogen-bond donors (Lipinski definition) is 1. The predicted molar refractivity (Wildman–Crippen MR) is 84.4 cm³/mol. The minimum atomic E-state index is 0.288. The summed E-state index contributed by atoms with van der Waals surface area (Å²) in [6.45, 7) is 5.07. The Morgan fingerprint density at radius 2 is 1.85 bits per heavy atom. The summed E-state index contributed by atoms with van der Waals surface area (Å²) in [6, 6.07) is 14.4. The third kappa shape index (κ3) is 3.75. The summed E-state index contributed by atoms with van der Waals surface area (Å²) < 4.78 is 5.17. The van der Waals surface area contributed by atoms with Crippen molar-refractivity contribution in [1.29, 1.82) is 0 Å². The molecule has 2 nitrogen and oxygen atoms in total. The van der Waals surface area contributed by atoms with Crippen LogP contribution >= 0.6 is 11.6 Å². The van der Waals surface area contributed by atoms with Crippen LogP contribution in [-0.4, -0.2) is 7.11 Å². The number of hydrogen-bond acceptors (Lipinski definition) is 2. The Bertz CT molecular complexity index is 566. The predicted octanol–water partition coefficient (Wildman–Crippen LogP) is 4.51. The van der Waals surface area contributed by atoms with Crippen LogP contribution in [0.2, 0.25) is 5.02 Å². The Morgan fingerprint density at radius 1 is 1.15 bits per heavy atom. The molecular weight excluding hydrogens is 270 g/mol. The van der Waals surface area contributed by atoms with Gasteiger partial charge >= 0.3 is 0 Å². The smallest absolute Gasteiger partial charge is 0.118 e. The van der Waals surface area contributed by atoms with Gasteiger partial charge in [-0.1, -0.05) is 29.8 Å². The number of halogens is 1. The van der Waals surface area contributed by atoms with Gasteiger partial charge in [-0.3, -0.25) is 0 Å². The quantitative estimate of drug-likeness (QED) is 0.874. The van der Waals surface area contributed by atoms with Crippen LogP contribution in [0.15, 0.2) is 42.5 Å². The third-order valence-electron chi connectivity index (χ3n) is 3.52. The molecule has 0 aliphatic heterocycles. The fourth-order valence-corrected chi connectivity index (χ4v) is 2.36. The van der Waals surface area contributed by atoms with Gasteiger partial charge in [0.05, 0.1) is 7.11 Å². The maximum absolute atomic E-state index is 5.97. The highest BCUT2D eigenvalue weighted by Crippen LogP contribution is 2.19. The average molecular weight is 290 g/mol. The van der Waals surface area contributed by atoms with E-state index in [1.807, 2.05) is 24.3 Å². The lowest BCUT2D eigenvalue weighted by Gasteiger charge is -2.16. The summed E-state index contributed by atoms with van der Waals surface area (Å²) in [4.78, 5) is 0. The highest BCUT2D eigenvalue weighted by atomic mass is 35.5. The van der Waals surface area contributed by atoms with Crippen molar-refractivity contribution in [2.75, 3.05) is 7.11 Å². The van der Waals surface area contributed by atoms with E-state index in [-0.39, 0.29) is 6.04 Å². The molecule has 0 aliphatic carbocycles. The molecule has 0 bridgehead atoms. The lowest BCUT2D eigenvalue weighted by atomic mass is 10.1. The van der Waals surface area contributed by atoms with Crippen LogP contribution in [0.3, 0.4) is 0 Å². The molecular formula is C17H20ClNO. The van der Waals surface area contributed by atoms with Gasteiger partial charge < -0.3 is 10.1 Å². The summed E-state index contributed by atoms with van der Waals surface area (Å²) in [7, 11) is 1.68. The Labute approximate surface area is 125 Å². The summed E-state index contributed by atoms with van der Waals surface area (Å²) in [5, 5.41) is 4.32. The van der Waals surface area contributed by atoms with Crippen molar-refractivity contribution in [3.05, 3.63) is 64.2 Å². The van der Waals surface area contributed by atoms with Crippen molar-refractivity contribution in [1.82, 2.24) is 5.32 Å². The molecule has 0 aliphatic rings. The number of benzene rings is 2. The van der Waals surface area contributed by atoms with Crippen molar-refractivity contribution in [2.45, 2.75) is 26.4 Å². The van der Waals surface area contributed by atoms with Gasteiger partial charge in [0.15, 0.2) is 0 Å². The molecule has 0 amide bonds. The van der Waals surface area contributed by atoms with Gasteiger partial charge in [-0.2, -0.15) is 0 Å². The minimum Gasteiger partial charge on any atom is -0.497 e. The average Bonchev–Trinajstić information content (AvgIpc) is 2.46. The monoisotopic (exact) mass is 289 g/mol. The zero-order valence-corrected chi connectivity index (χ0v) is 12.9. The lowest BCUT2D eigenvalue weighted by Crippen LogP contribution is -2.18. The normalized spacial score (nSPS) is 12.2. The first-order valence-corrected chi connectivity index (χ1v) is 7.10. The number of ether oxygens (including phenoxy) is 1. The molecule has 0 aromatic heterocycles. The van der Waals surface area contributed by atoms with Gasteiger partial charge in [-0.25, -0.2) is 0 Å². The van der Waals surface area contributed by atoms with Crippen molar-refractivity contribution in [3.63, 3.8) is 0 Å². The van der Waals surface area contributed by atoms with E-state index < -0.39 is 0 Å². The number of rotatable bonds is 5. The zero-order valence-electron chi connectivity index (χ0n) is 12.1. The van der Waals surface area contributed by atoms with E-state index in [4.69, 9.17) is 16.3 Å². The van der Waals surface area contributed by atoms with Crippen molar-refractivity contribution in [2.24, 2.45) is 0 Å². The second-order valence-electron chi connectivity index (χ2n) is 4.95. The molecule has 20 heavy (non-hydrogen) atoms. The Hall–Kier alpha value is -1.51. The van der Waals surface area contributed by atoms with Crippen LogP contribution in [0.25, 0.3) is 0 Å². The van der Waals surface area contributed by atoms with Crippen LogP contribution in [0.5, 0.6) is 5.75 Å². The maximum atomic E-state index is 5.97. The standard InChI is InChI=1S/C17H20ClNO/c1-12-10-16(18)7-4-15(12)11-19-13(2)14-5-8-17(20-3)9-6-14/h4-10,13,19H,11H2,1-3H3/t13-/m0/s1. The zero-order chi connectivity index (χ0) is 14.5. The Kier molecular flexibility index (Phi) is 5.05. The van der Waals surface area contributed by atoms with Gasteiger partial charge in [0, 0.05) is 17.6 Å². The molecule has 106 valence electrons.